The number of aryl methyl sites for hydroxylation is 2. The molecule has 2 spiro atoms. The molecule has 0 fully saturated rings. The van der Waals surface area contributed by atoms with E-state index in [9.17, 15) is 16.8 Å². The van der Waals surface area contributed by atoms with Crippen LogP contribution >= 0.6 is 0 Å². The molecule has 0 amide bonds. The van der Waals surface area contributed by atoms with Gasteiger partial charge in [-0.15, -0.1) is 0 Å². The van der Waals surface area contributed by atoms with Crippen molar-refractivity contribution in [1.29, 1.82) is 0 Å². The maximum atomic E-state index is 14.7. The van der Waals surface area contributed by atoms with E-state index in [2.05, 4.69) is 147 Å². The van der Waals surface area contributed by atoms with Crippen molar-refractivity contribution in [2.75, 3.05) is 0 Å². The third-order valence-corrected chi connectivity index (χ3v) is 18.0. The standard InChI is InChI=1S/C58H38O4S2/c1-35-19-27-45-47-29-25-39(33-55(47)57(53(45)31-35)49-15-7-3-11-41(49)42-12-4-8-16-50(42)57)63(59,60)37-21-23-38(24-22-37)64(61,62)40-26-30-48-46-28-20-36(2)32-54(46)58(56(48)34-40)51-17-9-5-13-43(51)44-14-6-10-18-52(44)58/h3-34H,1-2H3. The lowest BCUT2D eigenvalue weighted by atomic mass is 9.70. The molecule has 0 aromatic heterocycles. The molecule has 4 aliphatic carbocycles. The number of fused-ring (bicyclic) bond motifs is 20. The molecule has 0 saturated heterocycles. The second-order valence-corrected chi connectivity index (χ2v) is 21.6. The van der Waals surface area contributed by atoms with Crippen LogP contribution in [-0.4, -0.2) is 16.8 Å². The summed E-state index contributed by atoms with van der Waals surface area (Å²) in [7, 11) is -8.19. The Morgan fingerprint density at radius 1 is 0.266 bits per heavy atom. The van der Waals surface area contributed by atoms with Gasteiger partial charge in [0.05, 0.1) is 30.4 Å². The first-order valence-corrected chi connectivity index (χ1v) is 24.5. The average Bonchev–Trinajstić information content (AvgIpc) is 3.99. The van der Waals surface area contributed by atoms with Crippen molar-refractivity contribution in [1.82, 2.24) is 0 Å². The van der Waals surface area contributed by atoms with Crippen molar-refractivity contribution >= 4 is 19.7 Å². The summed E-state index contributed by atoms with van der Waals surface area (Å²) in [4.78, 5) is 0.362. The van der Waals surface area contributed by atoms with Gasteiger partial charge in [-0.2, -0.15) is 0 Å². The molecule has 9 aromatic carbocycles. The fraction of sp³-hybridized carbons (Fsp3) is 0.0690. The Balaban J connectivity index is 0.916. The lowest BCUT2D eigenvalue weighted by molar-refractivity contribution is 0.592. The van der Waals surface area contributed by atoms with Gasteiger partial charge in [-0.1, -0.05) is 157 Å². The van der Waals surface area contributed by atoms with Crippen LogP contribution in [0.2, 0.25) is 0 Å². The van der Waals surface area contributed by atoms with E-state index >= 15 is 0 Å². The van der Waals surface area contributed by atoms with Gasteiger partial charge in [-0.25, -0.2) is 16.8 Å². The van der Waals surface area contributed by atoms with E-state index in [1.165, 1.54) is 24.3 Å². The topological polar surface area (TPSA) is 68.3 Å². The van der Waals surface area contributed by atoms with Crippen LogP contribution in [0.3, 0.4) is 0 Å². The molecule has 0 N–H and O–H groups in total. The molecule has 0 bridgehead atoms. The van der Waals surface area contributed by atoms with Gasteiger partial charge in [0.25, 0.3) is 0 Å². The highest BCUT2D eigenvalue weighted by molar-refractivity contribution is 7.92. The Labute approximate surface area is 373 Å². The minimum absolute atomic E-state index is 0.0249. The minimum atomic E-state index is -4.09. The van der Waals surface area contributed by atoms with Crippen molar-refractivity contribution in [2.45, 2.75) is 44.3 Å². The predicted molar refractivity (Wildman–Crippen MR) is 252 cm³/mol. The summed E-state index contributed by atoms with van der Waals surface area (Å²) in [5.74, 6) is 0. The zero-order chi connectivity index (χ0) is 43.3. The van der Waals surface area contributed by atoms with Gasteiger partial charge in [0.15, 0.2) is 0 Å². The number of hydrogen-bond donors (Lipinski definition) is 0. The number of hydrogen-bond acceptors (Lipinski definition) is 4. The minimum Gasteiger partial charge on any atom is -0.219 e. The molecule has 0 unspecified atom stereocenters. The molecule has 0 atom stereocenters. The molecular formula is C58H38O4S2. The van der Waals surface area contributed by atoms with Crippen LogP contribution in [0.1, 0.15) is 55.6 Å². The maximum Gasteiger partial charge on any atom is 0.206 e. The lowest BCUT2D eigenvalue weighted by Crippen LogP contribution is -2.26. The maximum absolute atomic E-state index is 14.7. The van der Waals surface area contributed by atoms with Crippen LogP contribution < -0.4 is 0 Å². The van der Waals surface area contributed by atoms with E-state index in [1.54, 1.807) is 12.1 Å². The quantitative estimate of drug-likeness (QED) is 0.177. The number of sulfone groups is 2. The van der Waals surface area contributed by atoms with E-state index in [4.69, 9.17) is 0 Å². The summed E-state index contributed by atoms with van der Waals surface area (Å²) in [5.41, 5.74) is 18.2. The average molecular weight is 863 g/mol. The fourth-order valence-electron chi connectivity index (χ4n) is 11.9. The first-order chi connectivity index (χ1) is 31.0. The Hall–Kier alpha value is -7.12. The van der Waals surface area contributed by atoms with Crippen LogP contribution in [0, 0.1) is 13.8 Å². The molecular weight excluding hydrogens is 825 g/mol. The van der Waals surface area contributed by atoms with Crippen LogP contribution in [0.15, 0.2) is 214 Å². The van der Waals surface area contributed by atoms with E-state index in [1.807, 2.05) is 24.3 Å². The Morgan fingerprint density at radius 2 is 0.516 bits per heavy atom. The van der Waals surface area contributed by atoms with E-state index < -0.39 is 30.5 Å². The van der Waals surface area contributed by atoms with Gasteiger partial charge in [0.2, 0.25) is 19.7 Å². The van der Waals surface area contributed by atoms with Gasteiger partial charge < -0.3 is 0 Å². The summed E-state index contributed by atoms with van der Waals surface area (Å²) < 4.78 is 59.0. The normalized spacial score (nSPS) is 14.9. The van der Waals surface area contributed by atoms with E-state index in [0.29, 0.717) is 0 Å². The monoisotopic (exact) mass is 862 g/mol. The van der Waals surface area contributed by atoms with Gasteiger partial charge in [-0.05, 0) is 151 Å². The van der Waals surface area contributed by atoms with Crippen molar-refractivity contribution < 1.29 is 16.8 Å². The third-order valence-electron chi connectivity index (χ3n) is 14.5. The zero-order valence-corrected chi connectivity index (χ0v) is 36.6. The molecule has 4 aliphatic rings. The smallest absolute Gasteiger partial charge is 0.206 e. The van der Waals surface area contributed by atoms with Gasteiger partial charge >= 0.3 is 0 Å². The van der Waals surface area contributed by atoms with Crippen molar-refractivity contribution in [2.24, 2.45) is 0 Å². The SMILES string of the molecule is Cc1ccc2c(c1)C1(c3ccccc3-c3ccccc31)c1cc(S(=O)(=O)c3ccc(S(=O)(=O)c4ccc5c(c4)C4(c6ccccc6-c6ccccc64)c4cc(C)ccc4-5)cc3)ccc1-2. The van der Waals surface area contributed by atoms with Crippen molar-refractivity contribution in [3.05, 3.63) is 250 Å². The Bertz CT molecular complexity index is 3450. The number of rotatable bonds is 4. The second kappa shape index (κ2) is 12.8. The Kier molecular flexibility index (Phi) is 7.46. The molecule has 13 rings (SSSR count). The van der Waals surface area contributed by atoms with Crippen LogP contribution in [0.5, 0.6) is 0 Å². The first-order valence-electron chi connectivity index (χ1n) is 21.6. The molecule has 9 aromatic rings. The second-order valence-electron chi connectivity index (χ2n) is 17.7. The molecule has 306 valence electrons. The summed E-state index contributed by atoms with van der Waals surface area (Å²) >= 11 is 0. The lowest BCUT2D eigenvalue weighted by Gasteiger charge is -2.31. The molecule has 4 nitrogen and oxygen atoms in total. The molecule has 0 aliphatic heterocycles. The summed E-state index contributed by atoms with van der Waals surface area (Å²) in [6.07, 6.45) is 0. The molecule has 64 heavy (non-hydrogen) atoms. The summed E-state index contributed by atoms with van der Waals surface area (Å²) in [6.45, 7) is 4.19. The first kappa shape index (κ1) is 37.4. The summed E-state index contributed by atoms with van der Waals surface area (Å²) in [5, 5.41) is 0. The van der Waals surface area contributed by atoms with Crippen molar-refractivity contribution in [3.63, 3.8) is 0 Å². The highest BCUT2D eigenvalue weighted by Crippen LogP contribution is 2.65. The number of benzene rings is 9. The highest BCUT2D eigenvalue weighted by Gasteiger charge is 2.53. The van der Waals surface area contributed by atoms with E-state index in [-0.39, 0.29) is 19.6 Å². The largest absolute Gasteiger partial charge is 0.219 e. The molecule has 0 saturated carbocycles. The fourth-order valence-corrected chi connectivity index (χ4v) is 14.4. The Morgan fingerprint density at radius 3 is 0.844 bits per heavy atom. The van der Waals surface area contributed by atoms with E-state index in [0.717, 1.165) is 100 Å². The van der Waals surface area contributed by atoms with Crippen LogP contribution in [-0.2, 0) is 30.5 Å². The van der Waals surface area contributed by atoms with Gasteiger partial charge in [-0.3, -0.25) is 0 Å². The summed E-state index contributed by atoms with van der Waals surface area (Å²) in [6, 6.07) is 63.5. The van der Waals surface area contributed by atoms with Crippen molar-refractivity contribution in [3.8, 4) is 44.5 Å². The van der Waals surface area contributed by atoms with Crippen LogP contribution in [0.4, 0.5) is 0 Å². The van der Waals surface area contributed by atoms with Gasteiger partial charge in [0, 0.05) is 0 Å². The zero-order valence-electron chi connectivity index (χ0n) is 34.9. The highest BCUT2D eigenvalue weighted by atomic mass is 32.2. The third kappa shape index (κ3) is 4.56. The van der Waals surface area contributed by atoms with Crippen LogP contribution in [0.25, 0.3) is 44.5 Å². The predicted octanol–water partition coefficient (Wildman–Crippen LogP) is 12.7. The molecule has 0 radical (unpaired) electrons. The molecule has 0 heterocycles. The van der Waals surface area contributed by atoms with Gasteiger partial charge in [0.1, 0.15) is 0 Å². The molecule has 6 heteroatoms.